The number of carbonyl (C=O) groups is 3. The smallest absolute Gasteiger partial charge is 0.308 e. The monoisotopic (exact) mass is 427 g/mol. The molecule has 0 spiro atoms. The second kappa shape index (κ2) is 9.04. The fourth-order valence-electron chi connectivity index (χ4n) is 3.66. The van der Waals surface area contributed by atoms with Gasteiger partial charge in [-0.1, -0.05) is 30.0 Å². The van der Waals surface area contributed by atoms with E-state index in [1.54, 1.807) is 11.0 Å². The summed E-state index contributed by atoms with van der Waals surface area (Å²) in [5.41, 5.74) is 1.34. The summed E-state index contributed by atoms with van der Waals surface area (Å²) in [5.74, 6) is -0.149. The van der Waals surface area contributed by atoms with E-state index in [-0.39, 0.29) is 35.5 Å². The van der Waals surface area contributed by atoms with Gasteiger partial charge in [0, 0.05) is 24.5 Å². The number of pyridine rings is 1. The number of thioether (sulfide) groups is 1. The highest BCUT2D eigenvalue weighted by molar-refractivity contribution is 7.99. The first kappa shape index (κ1) is 20.7. The lowest BCUT2D eigenvalue weighted by Crippen LogP contribution is -2.41. The summed E-state index contributed by atoms with van der Waals surface area (Å²) >= 11 is 1.34. The maximum atomic E-state index is 12.7. The van der Waals surface area contributed by atoms with Gasteiger partial charge in [0.15, 0.2) is 0 Å². The standard InChI is InChI=1S/C22H25N3O4S/c1-29-22(28)14-8-10-25(11-9-14)20(26)13-30-19-12-17(21(27)23-15-6-7-15)16-4-2-3-5-18(16)24-19/h2-5,12,14-15H,6-11,13H2,1H3,(H,23,27). The van der Waals surface area contributed by atoms with E-state index in [9.17, 15) is 14.4 Å². The summed E-state index contributed by atoms with van der Waals surface area (Å²) in [5, 5.41) is 4.51. The van der Waals surface area contributed by atoms with Gasteiger partial charge in [-0.05, 0) is 37.8 Å². The number of hydrogen-bond donors (Lipinski definition) is 1. The number of esters is 1. The van der Waals surface area contributed by atoms with Gasteiger partial charge in [0.2, 0.25) is 5.91 Å². The molecule has 1 aliphatic heterocycles. The van der Waals surface area contributed by atoms with E-state index in [0.717, 1.165) is 23.7 Å². The third kappa shape index (κ3) is 4.75. The van der Waals surface area contributed by atoms with E-state index in [0.29, 0.717) is 36.5 Å². The number of nitrogens with zero attached hydrogens (tertiary/aromatic N) is 2. The highest BCUT2D eigenvalue weighted by Gasteiger charge is 2.28. The molecule has 1 aromatic carbocycles. The third-order valence-electron chi connectivity index (χ3n) is 5.58. The number of para-hydroxylation sites is 1. The molecular formula is C22H25N3O4S. The van der Waals surface area contributed by atoms with Crippen LogP contribution in [0.25, 0.3) is 10.9 Å². The Kier molecular flexibility index (Phi) is 6.22. The number of likely N-dealkylation sites (tertiary alicyclic amines) is 1. The minimum Gasteiger partial charge on any atom is -0.469 e. The van der Waals surface area contributed by atoms with Crippen LogP contribution in [0.4, 0.5) is 0 Å². The van der Waals surface area contributed by atoms with Crippen molar-refractivity contribution in [2.45, 2.75) is 36.8 Å². The molecule has 4 rings (SSSR count). The average Bonchev–Trinajstić information content (AvgIpc) is 3.60. The minimum atomic E-state index is -0.200. The quantitative estimate of drug-likeness (QED) is 0.563. The maximum Gasteiger partial charge on any atom is 0.308 e. The topological polar surface area (TPSA) is 88.6 Å². The van der Waals surface area contributed by atoms with E-state index in [4.69, 9.17) is 4.74 Å². The number of methoxy groups -OCH3 is 1. The molecule has 7 nitrogen and oxygen atoms in total. The molecule has 158 valence electrons. The van der Waals surface area contributed by atoms with Gasteiger partial charge >= 0.3 is 5.97 Å². The SMILES string of the molecule is COC(=O)C1CCN(C(=O)CSc2cc(C(=O)NC3CC3)c3ccccc3n2)CC1. The zero-order valence-electron chi connectivity index (χ0n) is 16.9. The molecule has 0 unspecified atom stereocenters. The van der Waals surface area contributed by atoms with Crippen LogP contribution in [0.15, 0.2) is 35.4 Å². The fraction of sp³-hybridized carbons (Fsp3) is 0.455. The second-order valence-corrected chi connectivity index (χ2v) is 8.74. The lowest BCUT2D eigenvalue weighted by Gasteiger charge is -2.30. The van der Waals surface area contributed by atoms with Gasteiger partial charge in [0.1, 0.15) is 0 Å². The molecule has 8 heteroatoms. The van der Waals surface area contributed by atoms with Crippen molar-refractivity contribution < 1.29 is 19.1 Å². The first-order valence-electron chi connectivity index (χ1n) is 10.2. The van der Waals surface area contributed by atoms with Crippen LogP contribution in [-0.2, 0) is 14.3 Å². The van der Waals surface area contributed by atoms with Crippen molar-refractivity contribution >= 4 is 40.4 Å². The van der Waals surface area contributed by atoms with Gasteiger partial charge in [0.25, 0.3) is 5.91 Å². The van der Waals surface area contributed by atoms with E-state index in [2.05, 4.69) is 10.3 Å². The molecule has 1 N–H and O–H groups in total. The van der Waals surface area contributed by atoms with Gasteiger partial charge in [-0.2, -0.15) is 0 Å². The molecule has 1 saturated heterocycles. The highest BCUT2D eigenvalue weighted by Crippen LogP contribution is 2.27. The number of ether oxygens (including phenoxy) is 1. The number of nitrogens with one attached hydrogen (secondary N) is 1. The first-order valence-corrected chi connectivity index (χ1v) is 11.2. The molecular weight excluding hydrogens is 402 g/mol. The maximum absolute atomic E-state index is 12.7. The third-order valence-corrected chi connectivity index (χ3v) is 6.47. The van der Waals surface area contributed by atoms with Crippen LogP contribution in [0.2, 0.25) is 0 Å². The largest absolute Gasteiger partial charge is 0.469 e. The Morgan fingerprint density at radius 1 is 1.17 bits per heavy atom. The van der Waals surface area contributed by atoms with Crippen LogP contribution in [0.3, 0.4) is 0 Å². The van der Waals surface area contributed by atoms with E-state index in [1.165, 1.54) is 18.9 Å². The molecule has 30 heavy (non-hydrogen) atoms. The molecule has 0 radical (unpaired) electrons. The van der Waals surface area contributed by atoms with Crippen molar-refractivity contribution in [1.29, 1.82) is 0 Å². The lowest BCUT2D eigenvalue weighted by molar-refractivity contribution is -0.148. The van der Waals surface area contributed by atoms with Crippen molar-refractivity contribution in [3.63, 3.8) is 0 Å². The van der Waals surface area contributed by atoms with Gasteiger partial charge < -0.3 is 15.0 Å². The second-order valence-electron chi connectivity index (χ2n) is 7.74. The molecule has 1 aromatic heterocycles. The van der Waals surface area contributed by atoms with Crippen molar-refractivity contribution in [2.24, 2.45) is 5.92 Å². The number of benzene rings is 1. The Balaban J connectivity index is 1.42. The van der Waals surface area contributed by atoms with Crippen molar-refractivity contribution in [3.8, 4) is 0 Å². The molecule has 1 aliphatic carbocycles. The molecule has 2 amide bonds. The fourth-order valence-corrected chi connectivity index (χ4v) is 4.48. The van der Waals surface area contributed by atoms with Crippen LogP contribution < -0.4 is 5.32 Å². The van der Waals surface area contributed by atoms with Crippen molar-refractivity contribution in [3.05, 3.63) is 35.9 Å². The van der Waals surface area contributed by atoms with E-state index in [1.807, 2.05) is 24.3 Å². The Labute approximate surface area is 179 Å². The normalized spacial score (nSPS) is 17.0. The van der Waals surface area contributed by atoms with Crippen LogP contribution in [0, 0.1) is 5.92 Å². The van der Waals surface area contributed by atoms with Crippen LogP contribution in [0.5, 0.6) is 0 Å². The number of hydrogen-bond acceptors (Lipinski definition) is 6. The predicted octanol–water partition coefficient (Wildman–Crippen LogP) is 2.63. The van der Waals surface area contributed by atoms with Crippen molar-refractivity contribution in [2.75, 3.05) is 26.0 Å². The number of piperidine rings is 1. The first-order chi connectivity index (χ1) is 14.5. The minimum absolute atomic E-state index is 0.0160. The number of amides is 2. The molecule has 2 heterocycles. The number of carbonyl (C=O) groups excluding carboxylic acids is 3. The molecule has 2 aliphatic rings. The summed E-state index contributed by atoms with van der Waals surface area (Å²) in [7, 11) is 1.40. The molecule has 2 fully saturated rings. The van der Waals surface area contributed by atoms with E-state index < -0.39 is 0 Å². The van der Waals surface area contributed by atoms with Gasteiger partial charge in [0.05, 0.1) is 34.9 Å². The summed E-state index contributed by atoms with van der Waals surface area (Å²) < 4.78 is 4.80. The van der Waals surface area contributed by atoms with Gasteiger partial charge in [-0.25, -0.2) is 4.98 Å². The summed E-state index contributed by atoms with van der Waals surface area (Å²) in [4.78, 5) is 43.4. The van der Waals surface area contributed by atoms with Crippen LogP contribution in [0.1, 0.15) is 36.0 Å². The zero-order chi connectivity index (χ0) is 21.1. The number of aromatic nitrogens is 1. The van der Waals surface area contributed by atoms with Gasteiger partial charge in [-0.15, -0.1) is 0 Å². The molecule has 0 atom stereocenters. The summed E-state index contributed by atoms with van der Waals surface area (Å²) in [6.07, 6.45) is 3.31. The predicted molar refractivity (Wildman–Crippen MR) is 114 cm³/mol. The Morgan fingerprint density at radius 3 is 2.60 bits per heavy atom. The molecule has 2 aromatic rings. The van der Waals surface area contributed by atoms with E-state index >= 15 is 0 Å². The Bertz CT molecular complexity index is 968. The summed E-state index contributed by atoms with van der Waals surface area (Å²) in [6, 6.07) is 9.62. The highest BCUT2D eigenvalue weighted by atomic mass is 32.2. The van der Waals surface area contributed by atoms with Crippen LogP contribution >= 0.6 is 11.8 Å². The van der Waals surface area contributed by atoms with Gasteiger partial charge in [-0.3, -0.25) is 14.4 Å². The number of rotatable bonds is 6. The van der Waals surface area contributed by atoms with Crippen molar-refractivity contribution in [1.82, 2.24) is 15.2 Å². The molecule has 0 bridgehead atoms. The summed E-state index contributed by atoms with van der Waals surface area (Å²) in [6.45, 7) is 1.11. The molecule has 1 saturated carbocycles. The lowest BCUT2D eigenvalue weighted by atomic mass is 9.97. The average molecular weight is 428 g/mol. The Morgan fingerprint density at radius 2 is 1.90 bits per heavy atom. The number of fused-ring (bicyclic) bond motifs is 1. The zero-order valence-corrected chi connectivity index (χ0v) is 17.7. The Hall–Kier alpha value is -2.61. The van der Waals surface area contributed by atoms with Crippen LogP contribution in [-0.4, -0.2) is 59.7 Å².